The molecule has 2 heteroatoms. The molecule has 0 unspecified atom stereocenters. The van der Waals surface area contributed by atoms with Gasteiger partial charge in [0, 0.05) is 13.7 Å². The highest BCUT2D eigenvalue weighted by Gasteiger charge is 2.35. The molecule has 2 atom stereocenters. The van der Waals surface area contributed by atoms with E-state index < -0.39 is 0 Å². The van der Waals surface area contributed by atoms with E-state index >= 15 is 0 Å². The van der Waals surface area contributed by atoms with Gasteiger partial charge in [-0.1, -0.05) is 12.2 Å². The van der Waals surface area contributed by atoms with Crippen molar-refractivity contribution in [2.75, 3.05) is 13.7 Å². The minimum atomic E-state index is 0.0923. The van der Waals surface area contributed by atoms with Gasteiger partial charge >= 0.3 is 0 Å². The maximum Gasteiger partial charge on any atom is 0.0865 e. The topological polar surface area (TPSA) is 18.5 Å². The third-order valence-electron chi connectivity index (χ3n) is 2.90. The smallest absolute Gasteiger partial charge is 0.0865 e. The summed E-state index contributed by atoms with van der Waals surface area (Å²) in [6.07, 6.45) is 9.31. The van der Waals surface area contributed by atoms with Gasteiger partial charge in [0.1, 0.15) is 0 Å². The van der Waals surface area contributed by atoms with Crippen molar-refractivity contribution in [2.24, 2.45) is 0 Å². The van der Waals surface area contributed by atoms with Crippen LogP contribution in [0.15, 0.2) is 12.2 Å². The van der Waals surface area contributed by atoms with Crippen molar-refractivity contribution in [3.8, 4) is 0 Å². The molecule has 2 rings (SSSR count). The molecule has 1 aliphatic carbocycles. The van der Waals surface area contributed by atoms with Crippen LogP contribution in [0.4, 0.5) is 0 Å². The lowest BCUT2D eigenvalue weighted by Gasteiger charge is -2.30. The number of rotatable bonds is 1. The summed E-state index contributed by atoms with van der Waals surface area (Å²) in [5.74, 6) is 0. The molecule has 0 N–H and O–H groups in total. The molecule has 0 aromatic heterocycles. The van der Waals surface area contributed by atoms with E-state index in [1.807, 2.05) is 0 Å². The van der Waals surface area contributed by atoms with Gasteiger partial charge in [-0.2, -0.15) is 0 Å². The summed E-state index contributed by atoms with van der Waals surface area (Å²) in [6, 6.07) is 0. The van der Waals surface area contributed by atoms with Crippen molar-refractivity contribution in [3.63, 3.8) is 0 Å². The first kappa shape index (κ1) is 8.27. The molecule has 1 heterocycles. The largest absolute Gasteiger partial charge is 0.377 e. The highest BCUT2D eigenvalue weighted by molar-refractivity contribution is 5.11. The molecule has 1 saturated heterocycles. The Morgan fingerprint density at radius 3 is 2.92 bits per heavy atom. The lowest BCUT2D eigenvalue weighted by Crippen LogP contribution is -2.30. The van der Waals surface area contributed by atoms with Crippen molar-refractivity contribution in [3.05, 3.63) is 12.2 Å². The van der Waals surface area contributed by atoms with Gasteiger partial charge in [0.2, 0.25) is 0 Å². The molecular weight excluding hydrogens is 152 g/mol. The standard InChI is InChI=1S/C10H16O2/c1-11-9-3-6-10(7-4-9)5-2-8-12-10/h3,6,9H,2,4-5,7-8H2,1H3/t9-,10+/m0/s1. The van der Waals surface area contributed by atoms with Crippen LogP contribution >= 0.6 is 0 Å². The lowest BCUT2D eigenvalue weighted by atomic mass is 9.87. The van der Waals surface area contributed by atoms with E-state index in [0.717, 1.165) is 19.4 Å². The van der Waals surface area contributed by atoms with Crippen molar-refractivity contribution < 1.29 is 9.47 Å². The zero-order valence-corrected chi connectivity index (χ0v) is 7.58. The van der Waals surface area contributed by atoms with Crippen LogP contribution < -0.4 is 0 Å². The van der Waals surface area contributed by atoms with Crippen molar-refractivity contribution in [2.45, 2.75) is 37.4 Å². The van der Waals surface area contributed by atoms with Crippen LogP contribution in [0.25, 0.3) is 0 Å². The molecule has 0 saturated carbocycles. The van der Waals surface area contributed by atoms with Crippen molar-refractivity contribution in [1.29, 1.82) is 0 Å². The fourth-order valence-corrected chi connectivity index (χ4v) is 2.09. The second-order valence-corrected chi connectivity index (χ2v) is 3.69. The summed E-state index contributed by atoms with van der Waals surface area (Å²) in [4.78, 5) is 0. The average Bonchev–Trinajstić information content (AvgIpc) is 2.55. The van der Waals surface area contributed by atoms with Crippen LogP contribution in [0.3, 0.4) is 0 Å². The van der Waals surface area contributed by atoms with Gasteiger partial charge in [-0.3, -0.25) is 0 Å². The first-order valence-corrected chi connectivity index (χ1v) is 4.71. The molecule has 1 aliphatic heterocycles. The van der Waals surface area contributed by atoms with E-state index in [2.05, 4.69) is 12.2 Å². The maximum atomic E-state index is 5.73. The molecule has 68 valence electrons. The van der Waals surface area contributed by atoms with Crippen LogP contribution in [0.5, 0.6) is 0 Å². The quantitative estimate of drug-likeness (QED) is 0.557. The Hall–Kier alpha value is -0.340. The number of methoxy groups -OCH3 is 1. The van der Waals surface area contributed by atoms with E-state index in [4.69, 9.17) is 9.47 Å². The lowest BCUT2D eigenvalue weighted by molar-refractivity contribution is 0.0131. The SMILES string of the molecule is CO[C@H]1C=C[C@]2(CCCO2)CC1. The van der Waals surface area contributed by atoms with Crippen LogP contribution in [-0.2, 0) is 9.47 Å². The maximum absolute atomic E-state index is 5.73. The summed E-state index contributed by atoms with van der Waals surface area (Å²) in [5.41, 5.74) is 0.0923. The van der Waals surface area contributed by atoms with E-state index in [-0.39, 0.29) is 5.60 Å². The Balaban J connectivity index is 2.03. The molecule has 1 spiro atoms. The van der Waals surface area contributed by atoms with Gasteiger partial charge in [0.15, 0.2) is 0 Å². The third kappa shape index (κ3) is 1.41. The normalized spacial score (nSPS) is 40.9. The third-order valence-corrected chi connectivity index (χ3v) is 2.90. The number of hydrogen-bond acceptors (Lipinski definition) is 2. The Morgan fingerprint density at radius 1 is 1.50 bits per heavy atom. The molecule has 0 aromatic rings. The first-order valence-electron chi connectivity index (χ1n) is 4.71. The summed E-state index contributed by atoms with van der Waals surface area (Å²) in [6.45, 7) is 0.933. The highest BCUT2D eigenvalue weighted by Crippen LogP contribution is 2.35. The Morgan fingerprint density at radius 2 is 2.42 bits per heavy atom. The first-order chi connectivity index (χ1) is 5.85. The van der Waals surface area contributed by atoms with E-state index in [1.165, 1.54) is 12.8 Å². The minimum absolute atomic E-state index is 0.0923. The van der Waals surface area contributed by atoms with E-state index in [1.54, 1.807) is 7.11 Å². The molecular formula is C10H16O2. The van der Waals surface area contributed by atoms with Crippen LogP contribution in [0.1, 0.15) is 25.7 Å². The van der Waals surface area contributed by atoms with Gasteiger partial charge in [-0.15, -0.1) is 0 Å². The van der Waals surface area contributed by atoms with Gasteiger partial charge < -0.3 is 9.47 Å². The van der Waals surface area contributed by atoms with E-state index in [9.17, 15) is 0 Å². The van der Waals surface area contributed by atoms with Gasteiger partial charge in [0.25, 0.3) is 0 Å². The van der Waals surface area contributed by atoms with Crippen LogP contribution in [0, 0.1) is 0 Å². The van der Waals surface area contributed by atoms with Crippen molar-refractivity contribution in [1.82, 2.24) is 0 Å². The molecule has 2 nitrogen and oxygen atoms in total. The van der Waals surface area contributed by atoms with Crippen LogP contribution in [0.2, 0.25) is 0 Å². The fourth-order valence-electron chi connectivity index (χ4n) is 2.09. The molecule has 0 bridgehead atoms. The zero-order valence-electron chi connectivity index (χ0n) is 7.58. The van der Waals surface area contributed by atoms with Crippen LogP contribution in [-0.4, -0.2) is 25.4 Å². The molecule has 2 aliphatic rings. The molecule has 0 radical (unpaired) electrons. The van der Waals surface area contributed by atoms with Gasteiger partial charge in [-0.25, -0.2) is 0 Å². The Bertz CT molecular complexity index is 180. The summed E-state index contributed by atoms with van der Waals surface area (Å²) >= 11 is 0. The fraction of sp³-hybridized carbons (Fsp3) is 0.800. The average molecular weight is 168 g/mol. The van der Waals surface area contributed by atoms with Gasteiger partial charge in [0.05, 0.1) is 11.7 Å². The predicted molar refractivity (Wildman–Crippen MR) is 47.1 cm³/mol. The predicted octanol–water partition coefficient (Wildman–Crippen LogP) is 1.90. The van der Waals surface area contributed by atoms with E-state index in [0.29, 0.717) is 6.10 Å². The second-order valence-electron chi connectivity index (χ2n) is 3.69. The summed E-state index contributed by atoms with van der Waals surface area (Å²) < 4.78 is 11.0. The second kappa shape index (κ2) is 3.19. The molecule has 12 heavy (non-hydrogen) atoms. The Labute approximate surface area is 73.5 Å². The summed E-state index contributed by atoms with van der Waals surface area (Å²) in [5, 5.41) is 0. The number of hydrogen-bond donors (Lipinski definition) is 0. The summed E-state index contributed by atoms with van der Waals surface area (Å²) in [7, 11) is 1.77. The molecule has 0 amide bonds. The minimum Gasteiger partial charge on any atom is -0.377 e. The molecule has 0 aromatic carbocycles. The van der Waals surface area contributed by atoms with Gasteiger partial charge in [-0.05, 0) is 25.7 Å². The van der Waals surface area contributed by atoms with Crippen molar-refractivity contribution >= 4 is 0 Å². The highest BCUT2D eigenvalue weighted by atomic mass is 16.5. The zero-order chi connectivity index (χ0) is 8.44. The Kier molecular flexibility index (Phi) is 2.20. The number of ether oxygens (including phenoxy) is 2. The molecule has 1 fully saturated rings. The monoisotopic (exact) mass is 168 g/mol.